The third-order valence-corrected chi connectivity index (χ3v) is 3.65. The summed E-state index contributed by atoms with van der Waals surface area (Å²) >= 11 is 0. The van der Waals surface area contributed by atoms with Crippen molar-refractivity contribution in [1.82, 2.24) is 5.32 Å². The Morgan fingerprint density at radius 2 is 1.94 bits per heavy atom. The van der Waals surface area contributed by atoms with Crippen molar-refractivity contribution in [2.24, 2.45) is 0 Å². The third-order valence-electron chi connectivity index (χ3n) is 3.65. The minimum Gasteiger partial charge on any atom is -0.311 e. The summed E-state index contributed by atoms with van der Waals surface area (Å²) < 4.78 is 24.9. The highest BCUT2D eigenvalue weighted by atomic mass is 19.3. The van der Waals surface area contributed by atoms with E-state index >= 15 is 0 Å². The molecule has 0 radical (unpaired) electrons. The molecule has 3 atom stereocenters. The Morgan fingerprint density at radius 1 is 1.29 bits per heavy atom. The minimum absolute atomic E-state index is 0.112. The molecular weight excluding hydrogens is 220 g/mol. The van der Waals surface area contributed by atoms with Crippen molar-refractivity contribution in [3.8, 4) is 0 Å². The number of nitrogens with one attached hydrogen (secondary N) is 1. The zero-order chi connectivity index (χ0) is 12.4. The van der Waals surface area contributed by atoms with E-state index in [1.54, 1.807) is 12.1 Å². The van der Waals surface area contributed by atoms with Crippen LogP contribution in [0.1, 0.15) is 50.2 Å². The molecule has 0 spiro atoms. The van der Waals surface area contributed by atoms with Gasteiger partial charge in [0.15, 0.2) is 0 Å². The molecular formula is C14H19F2N. The standard InChI is InChI=1S/C14H19F2N/c1-3-13-12(8-9(2)17-13)10-4-6-11(7-5-10)14(15)16/h4-7,9,12-14,17H,3,8H2,1-2H3. The van der Waals surface area contributed by atoms with Crippen LogP contribution in [0.4, 0.5) is 8.78 Å². The molecule has 0 aromatic heterocycles. The van der Waals surface area contributed by atoms with Gasteiger partial charge in [-0.3, -0.25) is 0 Å². The smallest absolute Gasteiger partial charge is 0.263 e. The Balaban J connectivity index is 2.16. The lowest BCUT2D eigenvalue weighted by Gasteiger charge is -2.18. The van der Waals surface area contributed by atoms with Crippen molar-refractivity contribution in [3.05, 3.63) is 35.4 Å². The maximum atomic E-state index is 12.5. The highest BCUT2D eigenvalue weighted by molar-refractivity contribution is 5.28. The molecule has 1 saturated heterocycles. The van der Waals surface area contributed by atoms with E-state index in [0.717, 1.165) is 12.8 Å². The van der Waals surface area contributed by atoms with Crippen LogP contribution in [0, 0.1) is 0 Å². The molecule has 0 saturated carbocycles. The van der Waals surface area contributed by atoms with Gasteiger partial charge in [-0.1, -0.05) is 31.2 Å². The summed E-state index contributed by atoms with van der Waals surface area (Å²) in [6.07, 6.45) is -0.204. The van der Waals surface area contributed by atoms with E-state index in [0.29, 0.717) is 18.0 Å². The van der Waals surface area contributed by atoms with Crippen LogP contribution < -0.4 is 5.32 Å². The summed E-state index contributed by atoms with van der Waals surface area (Å²) in [7, 11) is 0. The molecule has 0 aliphatic carbocycles. The van der Waals surface area contributed by atoms with E-state index in [-0.39, 0.29) is 5.56 Å². The van der Waals surface area contributed by atoms with Crippen LogP contribution in [0.5, 0.6) is 0 Å². The molecule has 1 heterocycles. The zero-order valence-electron chi connectivity index (χ0n) is 10.3. The number of hydrogen-bond acceptors (Lipinski definition) is 1. The predicted molar refractivity (Wildman–Crippen MR) is 65.4 cm³/mol. The monoisotopic (exact) mass is 239 g/mol. The predicted octanol–water partition coefficient (Wildman–Crippen LogP) is 3.87. The topological polar surface area (TPSA) is 12.0 Å². The van der Waals surface area contributed by atoms with E-state index < -0.39 is 6.43 Å². The van der Waals surface area contributed by atoms with E-state index in [1.165, 1.54) is 5.56 Å². The summed E-state index contributed by atoms with van der Waals surface area (Å²) in [5.74, 6) is 0.460. The average molecular weight is 239 g/mol. The van der Waals surface area contributed by atoms with E-state index in [9.17, 15) is 8.78 Å². The molecule has 1 aliphatic heterocycles. The van der Waals surface area contributed by atoms with Crippen molar-refractivity contribution in [2.45, 2.75) is 51.1 Å². The van der Waals surface area contributed by atoms with Gasteiger partial charge in [0.1, 0.15) is 0 Å². The SMILES string of the molecule is CCC1NC(C)CC1c1ccc(C(F)F)cc1. The van der Waals surface area contributed by atoms with Gasteiger partial charge < -0.3 is 5.32 Å². The lowest BCUT2D eigenvalue weighted by molar-refractivity contribution is 0.151. The van der Waals surface area contributed by atoms with Crippen LogP contribution in [0.3, 0.4) is 0 Å². The maximum absolute atomic E-state index is 12.5. The lowest BCUT2D eigenvalue weighted by atomic mass is 9.89. The first-order valence-corrected chi connectivity index (χ1v) is 6.26. The van der Waals surface area contributed by atoms with Gasteiger partial charge in [0.25, 0.3) is 6.43 Å². The maximum Gasteiger partial charge on any atom is 0.263 e. The van der Waals surface area contributed by atoms with Crippen LogP contribution in [0.25, 0.3) is 0 Å². The van der Waals surface area contributed by atoms with Crippen molar-refractivity contribution >= 4 is 0 Å². The fourth-order valence-corrected chi connectivity index (χ4v) is 2.75. The van der Waals surface area contributed by atoms with Crippen LogP contribution >= 0.6 is 0 Å². The Morgan fingerprint density at radius 3 is 2.47 bits per heavy atom. The molecule has 2 rings (SSSR count). The Labute approximate surface area is 101 Å². The van der Waals surface area contributed by atoms with Crippen LogP contribution in [-0.2, 0) is 0 Å². The summed E-state index contributed by atoms with van der Waals surface area (Å²) in [5, 5.41) is 3.54. The first-order chi connectivity index (χ1) is 8.11. The lowest BCUT2D eigenvalue weighted by Crippen LogP contribution is -2.28. The first kappa shape index (κ1) is 12.5. The van der Waals surface area contributed by atoms with Crippen LogP contribution in [0.15, 0.2) is 24.3 Å². The van der Waals surface area contributed by atoms with Crippen LogP contribution in [0.2, 0.25) is 0 Å². The average Bonchev–Trinajstić information content (AvgIpc) is 2.70. The van der Waals surface area contributed by atoms with E-state index in [4.69, 9.17) is 0 Å². The number of halogens is 2. The number of hydrogen-bond donors (Lipinski definition) is 1. The molecule has 3 heteroatoms. The quantitative estimate of drug-likeness (QED) is 0.844. The Kier molecular flexibility index (Phi) is 3.77. The van der Waals surface area contributed by atoms with E-state index in [1.807, 2.05) is 12.1 Å². The Hall–Kier alpha value is -0.960. The fraction of sp³-hybridized carbons (Fsp3) is 0.571. The van der Waals surface area contributed by atoms with Crippen LogP contribution in [-0.4, -0.2) is 12.1 Å². The molecule has 1 aliphatic rings. The molecule has 17 heavy (non-hydrogen) atoms. The number of benzene rings is 1. The second-order valence-corrected chi connectivity index (χ2v) is 4.89. The van der Waals surface area contributed by atoms with Crippen molar-refractivity contribution in [1.29, 1.82) is 0 Å². The highest BCUT2D eigenvalue weighted by Crippen LogP contribution is 2.33. The largest absolute Gasteiger partial charge is 0.311 e. The molecule has 0 amide bonds. The molecule has 0 bridgehead atoms. The van der Waals surface area contributed by atoms with Gasteiger partial charge in [-0.15, -0.1) is 0 Å². The van der Waals surface area contributed by atoms with E-state index in [2.05, 4.69) is 19.2 Å². The first-order valence-electron chi connectivity index (χ1n) is 6.26. The molecule has 1 aromatic carbocycles. The Bertz CT molecular complexity index is 361. The fourth-order valence-electron chi connectivity index (χ4n) is 2.75. The normalized spacial score (nSPS) is 28.9. The summed E-state index contributed by atoms with van der Waals surface area (Å²) in [5.41, 5.74) is 1.29. The van der Waals surface area contributed by atoms with Gasteiger partial charge >= 0.3 is 0 Å². The molecule has 94 valence electrons. The highest BCUT2D eigenvalue weighted by Gasteiger charge is 2.30. The van der Waals surface area contributed by atoms with Gasteiger partial charge in [-0.25, -0.2) is 8.78 Å². The molecule has 1 nitrogen and oxygen atoms in total. The molecule has 1 aromatic rings. The number of alkyl halides is 2. The van der Waals surface area contributed by atoms with Gasteiger partial charge in [-0.2, -0.15) is 0 Å². The third kappa shape index (κ3) is 2.65. The van der Waals surface area contributed by atoms with Gasteiger partial charge in [0, 0.05) is 23.6 Å². The van der Waals surface area contributed by atoms with Gasteiger partial charge in [0.2, 0.25) is 0 Å². The van der Waals surface area contributed by atoms with Crippen molar-refractivity contribution < 1.29 is 8.78 Å². The number of rotatable bonds is 3. The molecule has 1 fully saturated rings. The summed E-state index contributed by atoms with van der Waals surface area (Å²) in [6, 6.07) is 7.80. The van der Waals surface area contributed by atoms with Crippen molar-refractivity contribution in [3.63, 3.8) is 0 Å². The zero-order valence-corrected chi connectivity index (χ0v) is 10.3. The minimum atomic E-state index is -2.37. The van der Waals surface area contributed by atoms with Gasteiger partial charge in [-0.05, 0) is 25.3 Å². The second-order valence-electron chi connectivity index (χ2n) is 4.89. The van der Waals surface area contributed by atoms with Gasteiger partial charge in [0.05, 0.1) is 0 Å². The summed E-state index contributed by atoms with van der Waals surface area (Å²) in [4.78, 5) is 0. The molecule has 1 N–H and O–H groups in total. The summed E-state index contributed by atoms with van der Waals surface area (Å²) in [6.45, 7) is 4.34. The second kappa shape index (κ2) is 5.13. The molecule has 3 unspecified atom stereocenters. The van der Waals surface area contributed by atoms with Crippen molar-refractivity contribution in [2.75, 3.05) is 0 Å².